The van der Waals surface area contributed by atoms with Gasteiger partial charge in [0.2, 0.25) is 0 Å². The minimum atomic E-state index is -0.756. The Labute approximate surface area is 206 Å². The van der Waals surface area contributed by atoms with Gasteiger partial charge < -0.3 is 19.8 Å². The number of benzene rings is 3. The summed E-state index contributed by atoms with van der Waals surface area (Å²) < 4.78 is 10.3. The number of Topliss-reactive ketones (excluding diaryl/α,β-unsaturated/α-hetero) is 1. The zero-order valence-electron chi connectivity index (χ0n) is 19.3. The highest BCUT2D eigenvalue weighted by atomic mass is 16.5. The van der Waals surface area contributed by atoms with Crippen LogP contribution in [0.2, 0.25) is 0 Å². The summed E-state index contributed by atoms with van der Waals surface area (Å²) in [5, 5.41) is 5.42. The van der Waals surface area contributed by atoms with Gasteiger partial charge in [-0.1, -0.05) is 30.3 Å². The molecule has 0 bridgehead atoms. The number of nitrogens with one attached hydrogen (secondary N) is 2. The normalized spacial score (nSPS) is 10.4. The summed E-state index contributed by atoms with van der Waals surface area (Å²) in [7, 11) is 0. The van der Waals surface area contributed by atoms with Gasteiger partial charge in [-0.25, -0.2) is 4.79 Å². The summed E-state index contributed by atoms with van der Waals surface area (Å²) in [5.41, 5.74) is 2.38. The van der Waals surface area contributed by atoms with Crippen molar-refractivity contribution in [3.8, 4) is 0 Å². The van der Waals surface area contributed by atoms with Gasteiger partial charge in [-0.2, -0.15) is 0 Å². The maximum Gasteiger partial charge on any atom is 0.340 e. The molecule has 36 heavy (non-hydrogen) atoms. The number of aryl methyl sites for hydroxylation is 1. The highest BCUT2D eigenvalue weighted by Gasteiger charge is 2.20. The second kappa shape index (κ2) is 11.0. The molecule has 0 radical (unpaired) electrons. The van der Waals surface area contributed by atoms with E-state index in [9.17, 15) is 19.2 Å². The molecule has 1 heterocycles. The molecular formula is C28H22N2O6. The first-order chi connectivity index (χ1) is 17.4. The van der Waals surface area contributed by atoms with E-state index in [1.165, 1.54) is 18.4 Å². The van der Waals surface area contributed by atoms with Crippen LogP contribution >= 0.6 is 0 Å². The van der Waals surface area contributed by atoms with Crippen LogP contribution in [0.15, 0.2) is 95.6 Å². The number of rotatable bonds is 8. The lowest BCUT2D eigenvalue weighted by molar-refractivity contribution is 0.0475. The van der Waals surface area contributed by atoms with Gasteiger partial charge in [-0.3, -0.25) is 14.4 Å². The number of amides is 2. The maximum absolute atomic E-state index is 12.7. The summed E-state index contributed by atoms with van der Waals surface area (Å²) in [6, 6.07) is 23.0. The number of carbonyl (C=O) groups is 4. The zero-order chi connectivity index (χ0) is 25.5. The summed E-state index contributed by atoms with van der Waals surface area (Å²) in [6.07, 6.45) is 1.37. The van der Waals surface area contributed by atoms with Crippen LogP contribution in [0, 0.1) is 6.92 Å². The van der Waals surface area contributed by atoms with Gasteiger partial charge in [0.05, 0.1) is 17.5 Å². The van der Waals surface area contributed by atoms with Crippen LogP contribution in [-0.4, -0.2) is 30.2 Å². The molecule has 0 unspecified atom stereocenters. The molecule has 0 spiro atoms. The van der Waals surface area contributed by atoms with Crippen LogP contribution in [0.5, 0.6) is 0 Å². The van der Waals surface area contributed by atoms with E-state index in [2.05, 4.69) is 10.6 Å². The topological polar surface area (TPSA) is 115 Å². The van der Waals surface area contributed by atoms with Crippen LogP contribution in [0.25, 0.3) is 0 Å². The minimum Gasteiger partial charge on any atom is -0.459 e. The monoisotopic (exact) mass is 482 g/mol. The second-order valence-corrected chi connectivity index (χ2v) is 7.83. The molecule has 4 rings (SSSR count). The van der Waals surface area contributed by atoms with Crippen molar-refractivity contribution in [3.05, 3.63) is 119 Å². The summed E-state index contributed by atoms with van der Waals surface area (Å²) in [4.78, 5) is 50.0. The Morgan fingerprint density at radius 3 is 2.19 bits per heavy atom. The number of hydrogen-bond donors (Lipinski definition) is 2. The van der Waals surface area contributed by atoms with Crippen molar-refractivity contribution in [1.29, 1.82) is 0 Å². The SMILES string of the molecule is Cc1cccc(C(=O)OCC(=O)c2ccc(NC(=O)c3ccccc3)cc2)c1NC(=O)c1ccco1. The van der Waals surface area contributed by atoms with Crippen molar-refractivity contribution in [2.75, 3.05) is 17.2 Å². The predicted molar refractivity (Wildman–Crippen MR) is 133 cm³/mol. The third-order valence-corrected chi connectivity index (χ3v) is 5.31. The molecule has 180 valence electrons. The van der Waals surface area contributed by atoms with Crippen molar-refractivity contribution in [2.24, 2.45) is 0 Å². The second-order valence-electron chi connectivity index (χ2n) is 7.83. The van der Waals surface area contributed by atoms with E-state index < -0.39 is 24.3 Å². The van der Waals surface area contributed by atoms with Gasteiger partial charge in [-0.15, -0.1) is 0 Å². The molecular weight excluding hydrogens is 460 g/mol. The van der Waals surface area contributed by atoms with Crippen LogP contribution in [0.1, 0.15) is 47.2 Å². The Kier molecular flexibility index (Phi) is 7.36. The number of esters is 1. The lowest BCUT2D eigenvalue weighted by Gasteiger charge is -2.13. The first kappa shape index (κ1) is 24.2. The minimum absolute atomic E-state index is 0.0937. The van der Waals surface area contributed by atoms with E-state index in [-0.39, 0.29) is 22.9 Å². The standard InChI is InChI=1S/C28H22N2O6/c1-18-7-5-10-22(25(18)30-27(33)24-11-6-16-35-24)28(34)36-17-23(31)19-12-14-21(15-13-19)29-26(32)20-8-3-2-4-9-20/h2-16H,17H2,1H3,(H,29,32)(H,30,33). The third kappa shape index (κ3) is 5.74. The van der Waals surface area contributed by atoms with Gasteiger partial charge in [0.15, 0.2) is 18.2 Å². The van der Waals surface area contributed by atoms with E-state index >= 15 is 0 Å². The molecule has 0 aliphatic carbocycles. The van der Waals surface area contributed by atoms with Crippen LogP contribution in [0.3, 0.4) is 0 Å². The molecule has 8 nitrogen and oxygen atoms in total. The van der Waals surface area contributed by atoms with Crippen LogP contribution in [0.4, 0.5) is 11.4 Å². The Balaban J connectivity index is 1.37. The lowest BCUT2D eigenvalue weighted by Crippen LogP contribution is -2.19. The number of furan rings is 1. The largest absolute Gasteiger partial charge is 0.459 e. The highest BCUT2D eigenvalue weighted by Crippen LogP contribution is 2.23. The molecule has 0 aliphatic rings. The van der Waals surface area contributed by atoms with Gasteiger partial charge in [0.1, 0.15) is 0 Å². The van der Waals surface area contributed by atoms with E-state index in [1.807, 2.05) is 6.07 Å². The van der Waals surface area contributed by atoms with E-state index in [0.717, 1.165) is 0 Å². The fraction of sp³-hybridized carbons (Fsp3) is 0.0714. The number of ether oxygens (including phenoxy) is 1. The third-order valence-electron chi connectivity index (χ3n) is 5.31. The molecule has 4 aromatic rings. The molecule has 2 N–H and O–H groups in total. The molecule has 0 fully saturated rings. The quantitative estimate of drug-likeness (QED) is 0.266. The summed E-state index contributed by atoms with van der Waals surface area (Å²) in [6.45, 7) is 1.24. The number of anilines is 2. The molecule has 0 saturated carbocycles. The molecule has 0 saturated heterocycles. The van der Waals surface area contributed by atoms with Gasteiger partial charge in [0, 0.05) is 16.8 Å². The lowest BCUT2D eigenvalue weighted by atomic mass is 10.1. The maximum atomic E-state index is 12.7. The van der Waals surface area contributed by atoms with E-state index in [4.69, 9.17) is 9.15 Å². The van der Waals surface area contributed by atoms with Crippen molar-refractivity contribution in [3.63, 3.8) is 0 Å². The Morgan fingerprint density at radius 2 is 1.50 bits per heavy atom. The number of hydrogen-bond acceptors (Lipinski definition) is 6. The Bertz CT molecular complexity index is 1390. The van der Waals surface area contributed by atoms with Crippen molar-refractivity contribution in [1.82, 2.24) is 0 Å². The predicted octanol–water partition coefficient (Wildman–Crippen LogP) is 5.13. The summed E-state index contributed by atoms with van der Waals surface area (Å²) in [5.74, 6) is -1.86. The number of ketones is 1. The van der Waals surface area contributed by atoms with Crippen LogP contribution in [-0.2, 0) is 4.74 Å². The molecule has 0 aliphatic heterocycles. The first-order valence-electron chi connectivity index (χ1n) is 11.0. The van der Waals surface area contributed by atoms with Crippen molar-refractivity contribution in [2.45, 2.75) is 6.92 Å². The molecule has 1 aromatic heterocycles. The Morgan fingerprint density at radius 1 is 0.750 bits per heavy atom. The highest BCUT2D eigenvalue weighted by molar-refractivity contribution is 6.08. The molecule has 0 atom stereocenters. The summed E-state index contributed by atoms with van der Waals surface area (Å²) >= 11 is 0. The van der Waals surface area contributed by atoms with Crippen molar-refractivity contribution >= 4 is 34.9 Å². The fourth-order valence-corrected chi connectivity index (χ4v) is 3.41. The zero-order valence-corrected chi connectivity index (χ0v) is 19.3. The number of carbonyl (C=O) groups excluding carboxylic acids is 4. The van der Waals surface area contributed by atoms with Gasteiger partial charge in [0.25, 0.3) is 11.8 Å². The van der Waals surface area contributed by atoms with Crippen molar-refractivity contribution < 1.29 is 28.3 Å². The van der Waals surface area contributed by atoms with E-state index in [0.29, 0.717) is 22.4 Å². The Hall–Kier alpha value is -4.98. The van der Waals surface area contributed by atoms with Gasteiger partial charge >= 0.3 is 5.97 Å². The first-order valence-corrected chi connectivity index (χ1v) is 11.0. The average Bonchev–Trinajstić information content (AvgIpc) is 3.44. The molecule has 3 aromatic carbocycles. The smallest absolute Gasteiger partial charge is 0.340 e. The van der Waals surface area contributed by atoms with Gasteiger partial charge in [-0.05, 0) is 67.1 Å². The van der Waals surface area contributed by atoms with Crippen LogP contribution < -0.4 is 10.6 Å². The number of para-hydroxylation sites is 1. The fourth-order valence-electron chi connectivity index (χ4n) is 3.41. The molecule has 8 heteroatoms. The van der Waals surface area contributed by atoms with E-state index in [1.54, 1.807) is 73.7 Å². The molecule has 2 amide bonds. The average molecular weight is 482 g/mol.